The molecule has 1 saturated heterocycles. The molecule has 1 fully saturated rings. The van der Waals surface area contributed by atoms with Crippen molar-refractivity contribution in [2.75, 3.05) is 26.3 Å². The molecule has 132 valence electrons. The van der Waals surface area contributed by atoms with Crippen molar-refractivity contribution >= 4 is 23.6 Å². The number of ether oxygens (including phenoxy) is 2. The quantitative estimate of drug-likeness (QED) is 0.472. The first-order valence-electron chi connectivity index (χ1n) is 8.47. The highest BCUT2D eigenvalue weighted by Crippen LogP contribution is 2.34. The van der Waals surface area contributed by atoms with E-state index in [1.165, 1.54) is 11.8 Å². The smallest absolute Gasteiger partial charge is 0.366 e. The summed E-state index contributed by atoms with van der Waals surface area (Å²) in [7, 11) is 0. The third-order valence-electron chi connectivity index (χ3n) is 4.08. The molecule has 0 aliphatic carbocycles. The maximum Gasteiger partial charge on any atom is 0.366 e. The third-order valence-corrected chi connectivity index (χ3v) is 5.23. The van der Waals surface area contributed by atoms with Crippen LogP contribution in [0.4, 0.5) is 0 Å². The Morgan fingerprint density at radius 1 is 0.962 bits per heavy atom. The molecule has 2 aliphatic rings. The van der Waals surface area contributed by atoms with Crippen LogP contribution in [-0.4, -0.2) is 43.1 Å². The minimum atomic E-state index is -0.409. The Morgan fingerprint density at radius 2 is 1.62 bits per heavy atom. The van der Waals surface area contributed by atoms with Crippen LogP contribution < -0.4 is 0 Å². The van der Waals surface area contributed by atoms with Gasteiger partial charge in [0.25, 0.3) is 0 Å². The second-order valence-corrected chi connectivity index (χ2v) is 6.90. The van der Waals surface area contributed by atoms with Crippen molar-refractivity contribution in [3.63, 3.8) is 0 Å². The van der Waals surface area contributed by atoms with Crippen molar-refractivity contribution < 1.29 is 14.3 Å². The van der Waals surface area contributed by atoms with E-state index < -0.39 is 5.97 Å². The Kier molecular flexibility index (Phi) is 5.04. The van der Waals surface area contributed by atoms with Crippen molar-refractivity contribution in [2.24, 2.45) is 4.99 Å². The molecule has 5 nitrogen and oxygen atoms in total. The van der Waals surface area contributed by atoms with E-state index in [2.05, 4.69) is 9.89 Å². The fourth-order valence-electron chi connectivity index (χ4n) is 2.77. The van der Waals surface area contributed by atoms with Gasteiger partial charge in [0.2, 0.25) is 5.90 Å². The summed E-state index contributed by atoms with van der Waals surface area (Å²) in [4.78, 5) is 20.3. The van der Waals surface area contributed by atoms with Crippen LogP contribution in [0.5, 0.6) is 0 Å². The van der Waals surface area contributed by atoms with Crippen LogP contribution >= 0.6 is 11.8 Å². The van der Waals surface area contributed by atoms with Gasteiger partial charge in [-0.2, -0.15) is 0 Å². The summed E-state index contributed by atoms with van der Waals surface area (Å²) in [5.41, 5.74) is 1.15. The number of nitrogens with zero attached hydrogens (tertiary/aromatic N) is 2. The molecule has 0 atom stereocenters. The van der Waals surface area contributed by atoms with Crippen LogP contribution in [-0.2, 0) is 14.3 Å². The van der Waals surface area contributed by atoms with Gasteiger partial charge in [-0.05, 0) is 24.3 Å². The highest BCUT2D eigenvalue weighted by molar-refractivity contribution is 8.03. The first-order chi connectivity index (χ1) is 12.8. The zero-order chi connectivity index (χ0) is 17.8. The van der Waals surface area contributed by atoms with Gasteiger partial charge < -0.3 is 14.4 Å². The molecule has 0 aromatic heterocycles. The lowest BCUT2D eigenvalue weighted by Crippen LogP contribution is -2.35. The zero-order valence-electron chi connectivity index (χ0n) is 14.1. The second-order valence-electron chi connectivity index (χ2n) is 5.84. The van der Waals surface area contributed by atoms with Gasteiger partial charge in [-0.1, -0.05) is 48.2 Å². The molecule has 2 aliphatic heterocycles. The maximum atomic E-state index is 12.6. The summed E-state index contributed by atoms with van der Waals surface area (Å²) in [6.45, 7) is 2.72. The average molecular weight is 366 g/mol. The Morgan fingerprint density at radius 3 is 2.31 bits per heavy atom. The average Bonchev–Trinajstić information content (AvgIpc) is 3.10. The van der Waals surface area contributed by atoms with Crippen LogP contribution in [0.25, 0.3) is 0 Å². The number of cyclic esters (lactones) is 1. The van der Waals surface area contributed by atoms with Gasteiger partial charge in [-0.25, -0.2) is 9.79 Å². The molecule has 0 amide bonds. The molecule has 0 unspecified atom stereocenters. The summed E-state index contributed by atoms with van der Waals surface area (Å²) in [5.74, 6) is -0.0567. The molecule has 0 N–H and O–H groups in total. The fourth-order valence-corrected chi connectivity index (χ4v) is 3.83. The summed E-state index contributed by atoms with van der Waals surface area (Å²) < 4.78 is 10.9. The van der Waals surface area contributed by atoms with Crippen LogP contribution in [0, 0.1) is 0 Å². The Balaban J connectivity index is 1.73. The van der Waals surface area contributed by atoms with Crippen molar-refractivity contribution in [1.82, 2.24) is 4.90 Å². The minimum absolute atomic E-state index is 0.352. The third kappa shape index (κ3) is 3.66. The van der Waals surface area contributed by atoms with E-state index in [-0.39, 0.29) is 0 Å². The Bertz CT molecular complexity index is 844. The van der Waals surface area contributed by atoms with Crippen LogP contribution in [0.3, 0.4) is 0 Å². The molecule has 4 rings (SSSR count). The first-order valence-corrected chi connectivity index (χ1v) is 9.29. The van der Waals surface area contributed by atoms with Crippen LogP contribution in [0.1, 0.15) is 5.56 Å². The van der Waals surface area contributed by atoms with Gasteiger partial charge in [-0.3, -0.25) is 0 Å². The lowest BCUT2D eigenvalue weighted by atomic mass is 10.2. The molecule has 2 heterocycles. The van der Waals surface area contributed by atoms with Gasteiger partial charge in [-0.15, -0.1) is 0 Å². The minimum Gasteiger partial charge on any atom is -0.402 e. The van der Waals surface area contributed by atoms with E-state index in [1.807, 2.05) is 60.7 Å². The number of hydrogen-bond acceptors (Lipinski definition) is 6. The summed E-state index contributed by atoms with van der Waals surface area (Å²) in [5, 5.41) is 0.815. The summed E-state index contributed by atoms with van der Waals surface area (Å²) in [6, 6.07) is 19.5. The number of carbonyl (C=O) groups is 1. The fraction of sp³-hybridized carbons (Fsp3) is 0.200. The van der Waals surface area contributed by atoms with E-state index in [9.17, 15) is 4.79 Å². The van der Waals surface area contributed by atoms with E-state index >= 15 is 0 Å². The standard InChI is InChI=1S/C20H18N2O3S/c23-20-17(21-18(25-20)15-7-3-1-4-8-15)19(22-11-13-24-14-12-22)26-16-9-5-2-6-10-16/h1-10H,11-14H2/b19-17-. The van der Waals surface area contributed by atoms with Crippen LogP contribution in [0.2, 0.25) is 0 Å². The monoisotopic (exact) mass is 366 g/mol. The highest BCUT2D eigenvalue weighted by Gasteiger charge is 2.31. The molecule has 2 aromatic rings. The summed E-state index contributed by atoms with van der Waals surface area (Å²) in [6.07, 6.45) is 0. The number of rotatable bonds is 4. The Labute approximate surface area is 156 Å². The van der Waals surface area contributed by atoms with Gasteiger partial charge >= 0.3 is 5.97 Å². The number of hydrogen-bond donors (Lipinski definition) is 0. The van der Waals surface area contributed by atoms with E-state index in [1.54, 1.807) is 0 Å². The first kappa shape index (κ1) is 16.9. The lowest BCUT2D eigenvalue weighted by Gasteiger charge is -2.30. The van der Waals surface area contributed by atoms with Crippen molar-refractivity contribution in [2.45, 2.75) is 4.90 Å². The largest absolute Gasteiger partial charge is 0.402 e. The van der Waals surface area contributed by atoms with Gasteiger partial charge in [0, 0.05) is 23.5 Å². The molecular formula is C20H18N2O3S. The van der Waals surface area contributed by atoms with Gasteiger partial charge in [0.05, 0.1) is 13.2 Å². The van der Waals surface area contributed by atoms with Crippen molar-refractivity contribution in [1.29, 1.82) is 0 Å². The molecular weight excluding hydrogens is 348 g/mol. The molecule has 6 heteroatoms. The maximum absolute atomic E-state index is 12.6. The molecule has 0 radical (unpaired) electrons. The molecule has 0 spiro atoms. The molecule has 0 bridgehead atoms. The highest BCUT2D eigenvalue weighted by atomic mass is 32.2. The zero-order valence-corrected chi connectivity index (χ0v) is 14.9. The lowest BCUT2D eigenvalue weighted by molar-refractivity contribution is -0.130. The van der Waals surface area contributed by atoms with E-state index in [4.69, 9.17) is 9.47 Å². The van der Waals surface area contributed by atoms with Crippen molar-refractivity contribution in [3.05, 3.63) is 77.0 Å². The number of aliphatic imine (C=N–C) groups is 1. The normalized spacial score (nSPS) is 19.2. The topological polar surface area (TPSA) is 51.1 Å². The number of thioether (sulfide) groups is 1. The molecule has 0 saturated carbocycles. The number of benzene rings is 2. The predicted octanol–water partition coefficient (Wildman–Crippen LogP) is 3.28. The summed E-state index contributed by atoms with van der Waals surface area (Å²) >= 11 is 1.54. The predicted molar refractivity (Wildman–Crippen MR) is 101 cm³/mol. The van der Waals surface area contributed by atoms with Gasteiger partial charge in [0.15, 0.2) is 5.70 Å². The van der Waals surface area contributed by atoms with Crippen molar-refractivity contribution in [3.8, 4) is 0 Å². The molecule has 26 heavy (non-hydrogen) atoms. The SMILES string of the molecule is O=C1OC(c2ccccc2)=N/C1=C(\Sc1ccccc1)N1CCOCC1. The van der Waals surface area contributed by atoms with Gasteiger partial charge in [0.1, 0.15) is 5.03 Å². The number of carbonyl (C=O) groups excluding carboxylic acids is 1. The van der Waals surface area contributed by atoms with E-state index in [0.29, 0.717) is 24.8 Å². The second kappa shape index (κ2) is 7.76. The Hall–Kier alpha value is -2.57. The number of esters is 1. The van der Waals surface area contributed by atoms with E-state index in [0.717, 1.165) is 28.6 Å². The van der Waals surface area contributed by atoms with Crippen LogP contribution in [0.15, 0.2) is 81.3 Å². The molecule has 2 aromatic carbocycles. The number of morpholine rings is 1.